The second-order valence-electron chi connectivity index (χ2n) is 8.10. The first kappa shape index (κ1) is 18.0. The molecule has 4 rings (SSSR count). The van der Waals surface area contributed by atoms with Gasteiger partial charge in [-0.3, -0.25) is 14.4 Å². The van der Waals surface area contributed by atoms with Crippen LogP contribution in [-0.2, 0) is 11.3 Å². The van der Waals surface area contributed by atoms with Crippen molar-refractivity contribution in [2.45, 2.75) is 76.5 Å². The Bertz CT molecular complexity index is 778. The summed E-state index contributed by atoms with van der Waals surface area (Å²) in [5.74, 6) is -0.756. The fourth-order valence-corrected chi connectivity index (χ4v) is 4.24. The van der Waals surface area contributed by atoms with Crippen LogP contribution in [-0.4, -0.2) is 56.3 Å². The lowest BCUT2D eigenvalue weighted by atomic mass is 9.94. The topological polar surface area (TPSA) is 96.3 Å². The van der Waals surface area contributed by atoms with Crippen LogP contribution in [0.15, 0.2) is 6.33 Å². The highest BCUT2D eigenvalue weighted by Crippen LogP contribution is 2.30. The minimum Gasteiger partial charge on any atom is -0.351 e. The van der Waals surface area contributed by atoms with E-state index in [-0.39, 0.29) is 41.2 Å². The summed E-state index contributed by atoms with van der Waals surface area (Å²) in [6, 6.07) is 0.380. The Labute approximate surface area is 158 Å². The van der Waals surface area contributed by atoms with E-state index in [2.05, 4.69) is 15.6 Å². The van der Waals surface area contributed by atoms with E-state index < -0.39 is 5.54 Å². The number of hydrogen-bond donors (Lipinski definition) is 2. The van der Waals surface area contributed by atoms with Crippen molar-refractivity contribution < 1.29 is 14.4 Å². The molecule has 1 aromatic rings. The number of carbonyl (C=O) groups is 3. The molecule has 1 aromatic heterocycles. The second-order valence-corrected chi connectivity index (χ2v) is 8.10. The first-order chi connectivity index (χ1) is 12.9. The normalized spacial score (nSPS) is 25.4. The molecule has 0 spiro atoms. The van der Waals surface area contributed by atoms with Gasteiger partial charge < -0.3 is 20.1 Å². The molecule has 0 saturated heterocycles. The largest absolute Gasteiger partial charge is 0.351 e. The van der Waals surface area contributed by atoms with Crippen LogP contribution < -0.4 is 10.6 Å². The Balaban J connectivity index is 1.61. The van der Waals surface area contributed by atoms with E-state index in [4.69, 9.17) is 0 Å². The van der Waals surface area contributed by atoms with E-state index in [9.17, 15) is 14.4 Å². The number of likely N-dealkylation sites (N-methyl/N-ethyl adjacent to an activating group) is 1. The minimum absolute atomic E-state index is 0.132. The molecule has 3 aliphatic rings. The number of imidazole rings is 1. The first-order valence-electron chi connectivity index (χ1n) is 9.93. The van der Waals surface area contributed by atoms with Gasteiger partial charge in [-0.05, 0) is 39.5 Å². The molecule has 146 valence electrons. The molecule has 0 bridgehead atoms. The lowest BCUT2D eigenvalue weighted by molar-refractivity contribution is -0.133. The molecular weight excluding hydrogens is 346 g/mol. The molecular formula is C19H27N5O3. The van der Waals surface area contributed by atoms with Gasteiger partial charge in [0.15, 0.2) is 5.69 Å². The van der Waals surface area contributed by atoms with Gasteiger partial charge in [0.25, 0.3) is 11.8 Å². The Morgan fingerprint density at radius 3 is 2.48 bits per heavy atom. The summed E-state index contributed by atoms with van der Waals surface area (Å²) in [6.07, 6.45) is 7.68. The summed E-state index contributed by atoms with van der Waals surface area (Å²) in [5, 5.41) is 6.01. The van der Waals surface area contributed by atoms with Gasteiger partial charge in [-0.1, -0.05) is 12.8 Å². The number of rotatable bonds is 5. The van der Waals surface area contributed by atoms with E-state index in [1.165, 1.54) is 6.33 Å². The molecule has 27 heavy (non-hydrogen) atoms. The zero-order valence-electron chi connectivity index (χ0n) is 16.0. The number of amides is 3. The standard InChI is InChI=1S/C19H27N5O3/c1-3-24-17(26)15-14(16(25)21-13-8-9-13)20-11-23(15)10-19(24,2)18(27)22-12-6-4-5-7-12/h11-13H,3-10H2,1-2H3,(H,21,25)(H,22,27). The molecule has 1 unspecified atom stereocenters. The smallest absolute Gasteiger partial charge is 0.273 e. The number of aromatic nitrogens is 2. The maximum atomic E-state index is 13.2. The highest BCUT2D eigenvalue weighted by atomic mass is 16.2. The maximum Gasteiger partial charge on any atom is 0.273 e. The summed E-state index contributed by atoms with van der Waals surface area (Å²) in [4.78, 5) is 44.5. The second kappa shape index (κ2) is 6.65. The van der Waals surface area contributed by atoms with Gasteiger partial charge in [-0.25, -0.2) is 4.98 Å². The summed E-state index contributed by atoms with van der Waals surface area (Å²) >= 11 is 0. The fraction of sp³-hybridized carbons (Fsp3) is 0.684. The minimum atomic E-state index is -0.994. The molecule has 2 aliphatic carbocycles. The van der Waals surface area contributed by atoms with Crippen molar-refractivity contribution in [3.8, 4) is 0 Å². The summed E-state index contributed by atoms with van der Waals surface area (Å²) in [6.45, 7) is 4.34. The molecule has 1 aliphatic heterocycles. The molecule has 0 radical (unpaired) electrons. The number of nitrogens with one attached hydrogen (secondary N) is 2. The van der Waals surface area contributed by atoms with Gasteiger partial charge in [-0.15, -0.1) is 0 Å². The number of nitrogens with zero attached hydrogens (tertiary/aromatic N) is 3. The van der Waals surface area contributed by atoms with Crippen molar-refractivity contribution >= 4 is 17.7 Å². The Morgan fingerprint density at radius 1 is 1.19 bits per heavy atom. The molecule has 0 aromatic carbocycles. The molecule has 2 N–H and O–H groups in total. The van der Waals surface area contributed by atoms with E-state index in [0.29, 0.717) is 13.1 Å². The molecule has 2 fully saturated rings. The van der Waals surface area contributed by atoms with Gasteiger partial charge >= 0.3 is 0 Å². The molecule has 1 atom stereocenters. The maximum absolute atomic E-state index is 13.2. The Morgan fingerprint density at radius 2 is 1.85 bits per heavy atom. The molecule has 2 heterocycles. The monoisotopic (exact) mass is 373 g/mol. The first-order valence-corrected chi connectivity index (χ1v) is 9.93. The summed E-state index contributed by atoms with van der Waals surface area (Å²) in [5.41, 5.74) is -0.559. The van der Waals surface area contributed by atoms with E-state index in [1.54, 1.807) is 16.4 Å². The SMILES string of the molecule is CCN1C(=O)c2c(C(=O)NC3CC3)ncn2CC1(C)C(=O)NC1CCCC1. The van der Waals surface area contributed by atoms with E-state index >= 15 is 0 Å². The zero-order chi connectivity index (χ0) is 19.2. The average Bonchev–Trinajstić information content (AvgIpc) is 3.12. The quantitative estimate of drug-likeness (QED) is 0.807. The van der Waals surface area contributed by atoms with Crippen LogP contribution in [0, 0.1) is 0 Å². The summed E-state index contributed by atoms with van der Waals surface area (Å²) in [7, 11) is 0. The van der Waals surface area contributed by atoms with Crippen LogP contribution in [0.3, 0.4) is 0 Å². The van der Waals surface area contributed by atoms with Crippen LogP contribution in [0.1, 0.15) is 73.3 Å². The molecule has 2 saturated carbocycles. The third-order valence-electron chi connectivity index (χ3n) is 5.98. The van der Waals surface area contributed by atoms with Crippen molar-refractivity contribution in [1.82, 2.24) is 25.1 Å². The van der Waals surface area contributed by atoms with Gasteiger partial charge in [0, 0.05) is 18.6 Å². The highest BCUT2D eigenvalue weighted by molar-refractivity contribution is 6.07. The number of hydrogen-bond acceptors (Lipinski definition) is 4. The third-order valence-corrected chi connectivity index (χ3v) is 5.98. The molecule has 3 amide bonds. The van der Waals surface area contributed by atoms with E-state index in [1.807, 2.05) is 6.92 Å². The van der Waals surface area contributed by atoms with Crippen LogP contribution in [0.25, 0.3) is 0 Å². The van der Waals surface area contributed by atoms with Crippen molar-refractivity contribution in [3.05, 3.63) is 17.7 Å². The van der Waals surface area contributed by atoms with Gasteiger partial charge in [0.2, 0.25) is 5.91 Å². The van der Waals surface area contributed by atoms with Crippen molar-refractivity contribution in [3.63, 3.8) is 0 Å². The van der Waals surface area contributed by atoms with Crippen molar-refractivity contribution in [2.24, 2.45) is 0 Å². The van der Waals surface area contributed by atoms with Crippen LogP contribution in [0.2, 0.25) is 0 Å². The molecule has 8 nitrogen and oxygen atoms in total. The third kappa shape index (κ3) is 3.11. The van der Waals surface area contributed by atoms with Crippen LogP contribution in [0.5, 0.6) is 0 Å². The fourth-order valence-electron chi connectivity index (χ4n) is 4.24. The lowest BCUT2D eigenvalue weighted by Crippen LogP contribution is -2.64. The number of carbonyl (C=O) groups excluding carboxylic acids is 3. The van der Waals surface area contributed by atoms with Gasteiger partial charge in [0.1, 0.15) is 11.2 Å². The highest BCUT2D eigenvalue weighted by Gasteiger charge is 2.48. The van der Waals surface area contributed by atoms with Crippen molar-refractivity contribution in [2.75, 3.05) is 6.54 Å². The Hall–Kier alpha value is -2.38. The van der Waals surface area contributed by atoms with Gasteiger partial charge in [-0.2, -0.15) is 0 Å². The zero-order valence-corrected chi connectivity index (χ0v) is 16.0. The average molecular weight is 373 g/mol. The lowest BCUT2D eigenvalue weighted by Gasteiger charge is -2.43. The van der Waals surface area contributed by atoms with Crippen molar-refractivity contribution in [1.29, 1.82) is 0 Å². The van der Waals surface area contributed by atoms with Gasteiger partial charge in [0.05, 0.1) is 12.9 Å². The predicted molar refractivity (Wildman–Crippen MR) is 98.2 cm³/mol. The number of fused-ring (bicyclic) bond motifs is 1. The van der Waals surface area contributed by atoms with Crippen LogP contribution >= 0.6 is 0 Å². The molecule has 8 heteroatoms. The Kier molecular flexibility index (Phi) is 4.44. The van der Waals surface area contributed by atoms with Crippen LogP contribution in [0.4, 0.5) is 0 Å². The predicted octanol–water partition coefficient (Wildman–Crippen LogP) is 1.07. The summed E-state index contributed by atoms with van der Waals surface area (Å²) < 4.78 is 1.66. The van der Waals surface area contributed by atoms with E-state index in [0.717, 1.165) is 38.5 Å².